The van der Waals surface area contributed by atoms with E-state index in [9.17, 15) is 19.7 Å². The summed E-state index contributed by atoms with van der Waals surface area (Å²) in [5.74, 6) is 0.111. The van der Waals surface area contributed by atoms with Crippen LogP contribution in [0, 0.1) is 16.0 Å². The molecule has 3 aromatic rings. The third kappa shape index (κ3) is 4.19. The summed E-state index contributed by atoms with van der Waals surface area (Å²) in [5.41, 5.74) is 1.47. The number of nitro groups is 1. The van der Waals surface area contributed by atoms with Crippen LogP contribution in [0.4, 0.5) is 17.5 Å². The van der Waals surface area contributed by atoms with Crippen LogP contribution in [0.1, 0.15) is 23.2 Å². The lowest BCUT2D eigenvalue weighted by molar-refractivity contribution is -0.384. The van der Waals surface area contributed by atoms with Gasteiger partial charge in [0.25, 0.3) is 11.6 Å². The summed E-state index contributed by atoms with van der Waals surface area (Å²) in [6, 6.07) is 5.52. The van der Waals surface area contributed by atoms with Gasteiger partial charge in [-0.15, -0.1) is 0 Å². The normalized spacial score (nSPS) is 14.4. The molecule has 12 nitrogen and oxygen atoms in total. The number of amides is 2. The topological polar surface area (TPSA) is 150 Å². The number of anilines is 2. The largest absolute Gasteiger partial charge is 0.361 e. The Kier molecular flexibility index (Phi) is 5.67. The van der Waals surface area contributed by atoms with E-state index in [0.29, 0.717) is 48.5 Å². The molecule has 0 saturated carbocycles. The number of nitro benzene ring substituents is 1. The molecule has 32 heavy (non-hydrogen) atoms. The molecule has 166 valence electrons. The smallest absolute Gasteiger partial charge is 0.269 e. The van der Waals surface area contributed by atoms with E-state index < -0.39 is 4.92 Å². The summed E-state index contributed by atoms with van der Waals surface area (Å²) >= 11 is 0. The summed E-state index contributed by atoms with van der Waals surface area (Å²) in [5, 5.41) is 13.5. The van der Waals surface area contributed by atoms with Crippen LogP contribution in [0.25, 0.3) is 11.2 Å². The summed E-state index contributed by atoms with van der Waals surface area (Å²) in [4.78, 5) is 55.0. The lowest BCUT2D eigenvalue weighted by atomic mass is 9.95. The number of hydrogen-bond donors (Lipinski definition) is 2. The van der Waals surface area contributed by atoms with Gasteiger partial charge in [-0.1, -0.05) is 0 Å². The molecule has 0 unspecified atom stereocenters. The predicted molar refractivity (Wildman–Crippen MR) is 116 cm³/mol. The number of fused-ring (bicyclic) bond motifs is 1. The molecule has 1 aromatic carbocycles. The fourth-order valence-electron chi connectivity index (χ4n) is 3.66. The fourth-order valence-corrected chi connectivity index (χ4v) is 3.66. The number of rotatable bonds is 5. The average Bonchev–Trinajstić information content (AvgIpc) is 3.26. The summed E-state index contributed by atoms with van der Waals surface area (Å²) < 4.78 is 0. The van der Waals surface area contributed by atoms with Crippen molar-refractivity contribution in [3.63, 3.8) is 0 Å². The molecular formula is C20H22N8O4. The van der Waals surface area contributed by atoms with Gasteiger partial charge in [0.1, 0.15) is 5.52 Å². The Bertz CT molecular complexity index is 1170. The first-order chi connectivity index (χ1) is 15.3. The second-order valence-corrected chi connectivity index (χ2v) is 7.73. The minimum atomic E-state index is -0.507. The van der Waals surface area contributed by atoms with E-state index in [1.54, 1.807) is 9.80 Å². The van der Waals surface area contributed by atoms with Gasteiger partial charge in [-0.3, -0.25) is 25.0 Å². The van der Waals surface area contributed by atoms with Gasteiger partial charge in [0.15, 0.2) is 11.5 Å². The van der Waals surface area contributed by atoms with Crippen LogP contribution in [0.2, 0.25) is 0 Å². The van der Waals surface area contributed by atoms with Crippen LogP contribution in [0.3, 0.4) is 0 Å². The van der Waals surface area contributed by atoms with Crippen molar-refractivity contribution in [2.45, 2.75) is 12.8 Å². The van der Waals surface area contributed by atoms with Crippen molar-refractivity contribution >= 4 is 40.4 Å². The van der Waals surface area contributed by atoms with Crippen molar-refractivity contribution in [2.75, 3.05) is 37.4 Å². The lowest BCUT2D eigenvalue weighted by Crippen LogP contribution is -2.41. The standard InChI is InChI=1S/C20H22N8O4/c1-26(2)17-15-16(22-11-21-15)23-20(24-17)25-18(29)12-7-9-27(10-8-12)19(30)13-3-5-14(6-4-13)28(31)32/h3-6,11-12H,7-10H2,1-2H3,(H2,21,22,23,24,25,29). The molecule has 0 aliphatic carbocycles. The van der Waals surface area contributed by atoms with E-state index in [0.717, 1.165) is 0 Å². The number of aromatic amines is 1. The Labute approximate surface area is 182 Å². The molecule has 1 aliphatic rings. The summed E-state index contributed by atoms with van der Waals surface area (Å²) in [7, 11) is 3.68. The van der Waals surface area contributed by atoms with Crippen molar-refractivity contribution < 1.29 is 14.5 Å². The monoisotopic (exact) mass is 438 g/mol. The number of hydrogen-bond acceptors (Lipinski definition) is 8. The highest BCUT2D eigenvalue weighted by Gasteiger charge is 2.28. The highest BCUT2D eigenvalue weighted by atomic mass is 16.6. The number of H-pyrrole nitrogens is 1. The number of nitrogens with zero attached hydrogens (tertiary/aromatic N) is 6. The van der Waals surface area contributed by atoms with Crippen molar-refractivity contribution in [3.05, 3.63) is 46.3 Å². The Morgan fingerprint density at radius 2 is 1.88 bits per heavy atom. The molecule has 2 aromatic heterocycles. The number of aromatic nitrogens is 4. The molecule has 0 bridgehead atoms. The van der Waals surface area contributed by atoms with Crippen LogP contribution >= 0.6 is 0 Å². The molecule has 12 heteroatoms. The van der Waals surface area contributed by atoms with Crippen LogP contribution < -0.4 is 10.2 Å². The van der Waals surface area contributed by atoms with Gasteiger partial charge in [-0.25, -0.2) is 4.98 Å². The number of imidazole rings is 1. The van der Waals surface area contributed by atoms with Gasteiger partial charge in [-0.2, -0.15) is 9.97 Å². The number of benzene rings is 1. The lowest BCUT2D eigenvalue weighted by Gasteiger charge is -2.31. The molecular weight excluding hydrogens is 416 g/mol. The first kappa shape index (κ1) is 21.2. The molecule has 0 atom stereocenters. The van der Waals surface area contributed by atoms with Crippen LogP contribution in [0.5, 0.6) is 0 Å². The van der Waals surface area contributed by atoms with E-state index in [1.165, 1.54) is 30.6 Å². The highest BCUT2D eigenvalue weighted by molar-refractivity contribution is 5.95. The molecule has 4 rings (SSSR count). The van der Waals surface area contributed by atoms with Gasteiger partial charge in [-0.05, 0) is 25.0 Å². The maximum absolute atomic E-state index is 12.8. The Morgan fingerprint density at radius 1 is 1.19 bits per heavy atom. The second kappa shape index (κ2) is 8.57. The second-order valence-electron chi connectivity index (χ2n) is 7.73. The maximum atomic E-state index is 12.8. The van der Waals surface area contributed by atoms with E-state index in [1.807, 2.05) is 14.1 Å². The van der Waals surface area contributed by atoms with Gasteiger partial charge < -0.3 is 14.8 Å². The maximum Gasteiger partial charge on any atom is 0.269 e. The molecule has 1 saturated heterocycles. The van der Waals surface area contributed by atoms with Gasteiger partial charge >= 0.3 is 0 Å². The number of nitrogens with one attached hydrogen (secondary N) is 2. The fraction of sp³-hybridized carbons (Fsp3) is 0.350. The zero-order chi connectivity index (χ0) is 22.8. The van der Waals surface area contributed by atoms with Crippen molar-refractivity contribution in [1.29, 1.82) is 0 Å². The molecule has 2 N–H and O–H groups in total. The Hall–Kier alpha value is -4.09. The molecule has 1 aliphatic heterocycles. The van der Waals surface area contributed by atoms with E-state index >= 15 is 0 Å². The minimum Gasteiger partial charge on any atom is -0.361 e. The molecule has 3 heterocycles. The van der Waals surface area contributed by atoms with E-state index in [4.69, 9.17) is 0 Å². The van der Waals surface area contributed by atoms with Gasteiger partial charge in [0, 0.05) is 50.8 Å². The first-order valence-corrected chi connectivity index (χ1v) is 10.1. The number of piperidine rings is 1. The molecule has 1 fully saturated rings. The zero-order valence-electron chi connectivity index (χ0n) is 17.6. The quantitative estimate of drug-likeness (QED) is 0.452. The third-order valence-corrected chi connectivity index (χ3v) is 5.40. The van der Waals surface area contributed by atoms with E-state index in [-0.39, 0.29) is 29.4 Å². The zero-order valence-corrected chi connectivity index (χ0v) is 17.6. The minimum absolute atomic E-state index is 0.0652. The molecule has 0 spiro atoms. The first-order valence-electron chi connectivity index (χ1n) is 10.1. The predicted octanol–water partition coefficient (Wildman–Crippen LogP) is 1.82. The number of carbonyl (C=O) groups is 2. The number of carbonyl (C=O) groups excluding carboxylic acids is 2. The Morgan fingerprint density at radius 3 is 2.50 bits per heavy atom. The van der Waals surface area contributed by atoms with Crippen LogP contribution in [0.15, 0.2) is 30.6 Å². The van der Waals surface area contributed by atoms with Crippen molar-refractivity contribution in [3.8, 4) is 0 Å². The van der Waals surface area contributed by atoms with Crippen LogP contribution in [-0.4, -0.2) is 68.8 Å². The molecule has 0 radical (unpaired) electrons. The highest BCUT2D eigenvalue weighted by Crippen LogP contribution is 2.24. The summed E-state index contributed by atoms with van der Waals surface area (Å²) in [6.07, 6.45) is 2.51. The summed E-state index contributed by atoms with van der Waals surface area (Å²) in [6.45, 7) is 0.826. The average molecular weight is 438 g/mol. The van der Waals surface area contributed by atoms with Gasteiger partial charge in [0.2, 0.25) is 11.9 Å². The SMILES string of the molecule is CN(C)c1nc(NC(=O)C2CCN(C(=O)c3ccc([N+](=O)[O-])cc3)CC2)nc2nc[nH]c12. The Balaban J connectivity index is 1.38. The van der Waals surface area contributed by atoms with Crippen LogP contribution in [-0.2, 0) is 4.79 Å². The van der Waals surface area contributed by atoms with Gasteiger partial charge in [0.05, 0.1) is 11.3 Å². The van der Waals surface area contributed by atoms with E-state index in [2.05, 4.69) is 25.3 Å². The number of non-ortho nitro benzene ring substituents is 1. The molecule has 2 amide bonds. The van der Waals surface area contributed by atoms with Crippen molar-refractivity contribution in [2.24, 2.45) is 5.92 Å². The van der Waals surface area contributed by atoms with Crippen molar-refractivity contribution in [1.82, 2.24) is 24.8 Å². The number of likely N-dealkylation sites (tertiary alicyclic amines) is 1. The third-order valence-electron chi connectivity index (χ3n) is 5.40.